The Morgan fingerprint density at radius 1 is 1.38 bits per heavy atom. The van der Waals surface area contributed by atoms with Crippen molar-refractivity contribution in [3.63, 3.8) is 0 Å². The zero-order chi connectivity index (χ0) is 12.1. The van der Waals surface area contributed by atoms with Crippen molar-refractivity contribution >= 4 is 6.08 Å². The molecule has 0 heterocycles. The maximum atomic E-state index is 3.43. The molecule has 0 aliphatic heterocycles. The van der Waals surface area contributed by atoms with Gasteiger partial charge in [0.25, 0.3) is 0 Å². The summed E-state index contributed by atoms with van der Waals surface area (Å²) in [5.74, 6) is 0. The standard InChI is InChI=1S/C15H23N/c1-6-16-14(5)13(4)10-15-9-11(2)7-8-12(15)3/h7-10,14,16H,6H2,1-5H3/b13-10+. The lowest BCUT2D eigenvalue weighted by atomic mass is 10.0. The lowest BCUT2D eigenvalue weighted by Crippen LogP contribution is -2.26. The van der Waals surface area contributed by atoms with E-state index in [0.717, 1.165) is 6.54 Å². The van der Waals surface area contributed by atoms with E-state index < -0.39 is 0 Å². The van der Waals surface area contributed by atoms with Gasteiger partial charge < -0.3 is 5.32 Å². The minimum absolute atomic E-state index is 0.449. The van der Waals surface area contributed by atoms with Gasteiger partial charge in [-0.1, -0.05) is 42.3 Å². The zero-order valence-electron chi connectivity index (χ0n) is 11.1. The van der Waals surface area contributed by atoms with Gasteiger partial charge in [0.15, 0.2) is 0 Å². The first kappa shape index (κ1) is 13.0. The molecule has 0 fully saturated rings. The summed E-state index contributed by atoms with van der Waals surface area (Å²) in [5, 5.41) is 3.43. The first-order chi connectivity index (χ1) is 7.54. The van der Waals surface area contributed by atoms with Crippen molar-refractivity contribution in [1.82, 2.24) is 5.32 Å². The Bertz CT molecular complexity index is 377. The van der Waals surface area contributed by atoms with Gasteiger partial charge in [-0.05, 0) is 45.4 Å². The lowest BCUT2D eigenvalue weighted by Gasteiger charge is -2.13. The highest BCUT2D eigenvalue weighted by atomic mass is 14.9. The third-order valence-electron chi connectivity index (χ3n) is 3.01. The van der Waals surface area contributed by atoms with Crippen molar-refractivity contribution < 1.29 is 0 Å². The molecular formula is C15H23N. The van der Waals surface area contributed by atoms with Crippen LogP contribution in [0.2, 0.25) is 0 Å². The molecule has 1 N–H and O–H groups in total. The van der Waals surface area contributed by atoms with Crippen LogP contribution in [0.3, 0.4) is 0 Å². The fraction of sp³-hybridized carbons (Fsp3) is 0.467. The fourth-order valence-electron chi connectivity index (χ4n) is 1.75. The number of hydrogen-bond donors (Lipinski definition) is 1. The smallest absolute Gasteiger partial charge is 0.0251 e. The van der Waals surface area contributed by atoms with Crippen molar-refractivity contribution in [2.24, 2.45) is 0 Å². The van der Waals surface area contributed by atoms with E-state index in [1.165, 1.54) is 22.3 Å². The maximum Gasteiger partial charge on any atom is 0.0251 e. The number of nitrogens with one attached hydrogen (secondary N) is 1. The number of aryl methyl sites for hydroxylation is 2. The number of hydrogen-bond acceptors (Lipinski definition) is 1. The van der Waals surface area contributed by atoms with Gasteiger partial charge >= 0.3 is 0 Å². The minimum Gasteiger partial charge on any atom is -0.311 e. The van der Waals surface area contributed by atoms with Crippen molar-refractivity contribution in [3.8, 4) is 0 Å². The van der Waals surface area contributed by atoms with E-state index in [4.69, 9.17) is 0 Å². The average molecular weight is 217 g/mol. The van der Waals surface area contributed by atoms with Gasteiger partial charge in [-0.3, -0.25) is 0 Å². The molecule has 0 saturated heterocycles. The summed E-state index contributed by atoms with van der Waals surface area (Å²) in [6.45, 7) is 11.9. The van der Waals surface area contributed by atoms with Gasteiger partial charge in [0.1, 0.15) is 0 Å². The molecule has 1 aromatic rings. The first-order valence-corrected chi connectivity index (χ1v) is 6.03. The second-order valence-electron chi connectivity index (χ2n) is 4.53. The highest BCUT2D eigenvalue weighted by Gasteiger charge is 2.03. The Labute approximate surface area is 99.6 Å². The predicted molar refractivity (Wildman–Crippen MR) is 72.7 cm³/mol. The molecule has 0 amide bonds. The summed E-state index contributed by atoms with van der Waals surface area (Å²) in [6.07, 6.45) is 2.29. The quantitative estimate of drug-likeness (QED) is 0.810. The van der Waals surface area contributed by atoms with E-state index in [2.05, 4.69) is 64.2 Å². The predicted octanol–water partition coefficient (Wildman–Crippen LogP) is 3.70. The molecular weight excluding hydrogens is 194 g/mol. The number of benzene rings is 1. The molecule has 0 aliphatic carbocycles. The summed E-state index contributed by atoms with van der Waals surface area (Å²) in [7, 11) is 0. The molecule has 1 heteroatoms. The van der Waals surface area contributed by atoms with Crippen LogP contribution in [-0.2, 0) is 0 Å². The van der Waals surface area contributed by atoms with Crippen LogP contribution in [0.1, 0.15) is 37.5 Å². The topological polar surface area (TPSA) is 12.0 Å². The summed E-state index contributed by atoms with van der Waals surface area (Å²) < 4.78 is 0. The second kappa shape index (κ2) is 5.86. The van der Waals surface area contributed by atoms with Crippen molar-refractivity contribution in [1.29, 1.82) is 0 Å². The van der Waals surface area contributed by atoms with Gasteiger partial charge in [-0.2, -0.15) is 0 Å². The van der Waals surface area contributed by atoms with Crippen LogP contribution >= 0.6 is 0 Å². The molecule has 1 rings (SSSR count). The molecule has 88 valence electrons. The van der Waals surface area contributed by atoms with Crippen molar-refractivity contribution in [2.45, 2.75) is 40.7 Å². The molecule has 0 bridgehead atoms. The van der Waals surface area contributed by atoms with Crippen molar-refractivity contribution in [2.75, 3.05) is 6.54 Å². The van der Waals surface area contributed by atoms with E-state index in [0.29, 0.717) is 6.04 Å². The van der Waals surface area contributed by atoms with Gasteiger partial charge in [0.2, 0.25) is 0 Å². The molecule has 1 atom stereocenters. The molecule has 1 unspecified atom stereocenters. The Kier molecular flexibility index (Phi) is 4.75. The fourth-order valence-corrected chi connectivity index (χ4v) is 1.75. The lowest BCUT2D eigenvalue weighted by molar-refractivity contribution is 0.636. The summed E-state index contributed by atoms with van der Waals surface area (Å²) in [4.78, 5) is 0. The Hall–Kier alpha value is -1.08. The molecule has 0 radical (unpaired) electrons. The molecule has 0 spiro atoms. The molecule has 0 aliphatic rings. The van der Waals surface area contributed by atoms with Crippen LogP contribution in [0.4, 0.5) is 0 Å². The van der Waals surface area contributed by atoms with E-state index in [-0.39, 0.29) is 0 Å². The van der Waals surface area contributed by atoms with Crippen LogP contribution in [0, 0.1) is 13.8 Å². The Morgan fingerprint density at radius 3 is 2.69 bits per heavy atom. The number of likely N-dealkylation sites (N-methyl/N-ethyl adjacent to an activating group) is 1. The molecule has 0 saturated carbocycles. The van der Waals surface area contributed by atoms with Crippen LogP contribution in [0.25, 0.3) is 6.08 Å². The van der Waals surface area contributed by atoms with E-state index in [9.17, 15) is 0 Å². The van der Waals surface area contributed by atoms with Gasteiger partial charge in [0.05, 0.1) is 0 Å². The summed E-state index contributed by atoms with van der Waals surface area (Å²) >= 11 is 0. The SMILES string of the molecule is CCNC(C)/C(C)=C/c1cc(C)ccc1C. The maximum absolute atomic E-state index is 3.43. The monoisotopic (exact) mass is 217 g/mol. The second-order valence-corrected chi connectivity index (χ2v) is 4.53. The van der Waals surface area contributed by atoms with Crippen LogP contribution < -0.4 is 5.32 Å². The molecule has 16 heavy (non-hydrogen) atoms. The third-order valence-corrected chi connectivity index (χ3v) is 3.01. The summed E-state index contributed by atoms with van der Waals surface area (Å²) in [5.41, 5.74) is 5.38. The van der Waals surface area contributed by atoms with Crippen LogP contribution in [-0.4, -0.2) is 12.6 Å². The average Bonchev–Trinajstić information content (AvgIpc) is 2.23. The first-order valence-electron chi connectivity index (χ1n) is 6.03. The van der Waals surface area contributed by atoms with Crippen LogP contribution in [0.5, 0.6) is 0 Å². The van der Waals surface area contributed by atoms with Gasteiger partial charge in [-0.25, -0.2) is 0 Å². The minimum atomic E-state index is 0.449. The van der Waals surface area contributed by atoms with Gasteiger partial charge in [0, 0.05) is 6.04 Å². The Balaban J connectivity index is 2.92. The third kappa shape index (κ3) is 3.49. The molecule has 1 nitrogen and oxygen atoms in total. The van der Waals surface area contributed by atoms with Crippen molar-refractivity contribution in [3.05, 3.63) is 40.5 Å². The van der Waals surface area contributed by atoms with Gasteiger partial charge in [-0.15, -0.1) is 0 Å². The van der Waals surface area contributed by atoms with E-state index in [1.54, 1.807) is 0 Å². The largest absolute Gasteiger partial charge is 0.311 e. The Morgan fingerprint density at radius 2 is 2.06 bits per heavy atom. The molecule has 0 aromatic heterocycles. The normalized spacial score (nSPS) is 13.9. The van der Waals surface area contributed by atoms with Crippen LogP contribution in [0.15, 0.2) is 23.8 Å². The highest BCUT2D eigenvalue weighted by molar-refractivity contribution is 5.57. The van der Waals surface area contributed by atoms with E-state index in [1.807, 2.05) is 0 Å². The van der Waals surface area contributed by atoms with E-state index >= 15 is 0 Å². The highest BCUT2D eigenvalue weighted by Crippen LogP contribution is 2.15. The molecule has 1 aromatic carbocycles. The zero-order valence-corrected chi connectivity index (χ0v) is 11.1. The summed E-state index contributed by atoms with van der Waals surface area (Å²) in [6, 6.07) is 7.05. The number of rotatable bonds is 4.